The van der Waals surface area contributed by atoms with Gasteiger partial charge in [-0.1, -0.05) is 37.1 Å². The van der Waals surface area contributed by atoms with E-state index in [1.807, 2.05) is 0 Å². The van der Waals surface area contributed by atoms with Gasteiger partial charge >= 0.3 is 0 Å². The molecule has 2 heteroatoms. The Balaban J connectivity index is 1.83. The lowest BCUT2D eigenvalue weighted by atomic mass is 9.99. The molecule has 1 aliphatic carbocycles. The number of hydrogen-bond acceptors (Lipinski definition) is 2. The molecular formula is C16H25NO. The third-order valence-electron chi connectivity index (χ3n) is 4.04. The fourth-order valence-corrected chi connectivity index (χ4v) is 2.90. The van der Waals surface area contributed by atoms with E-state index in [-0.39, 0.29) is 0 Å². The fraction of sp³-hybridized carbons (Fsp3) is 0.625. The predicted octanol–water partition coefficient (Wildman–Crippen LogP) is 3.50. The van der Waals surface area contributed by atoms with Gasteiger partial charge in [-0.2, -0.15) is 0 Å². The molecule has 0 heterocycles. The molecular weight excluding hydrogens is 222 g/mol. The molecule has 1 unspecified atom stereocenters. The molecule has 1 saturated carbocycles. The van der Waals surface area contributed by atoms with Gasteiger partial charge in [-0.25, -0.2) is 0 Å². The van der Waals surface area contributed by atoms with Crippen molar-refractivity contribution in [3.63, 3.8) is 0 Å². The average Bonchev–Trinajstić information content (AvgIpc) is 2.91. The van der Waals surface area contributed by atoms with Crippen molar-refractivity contribution >= 4 is 0 Å². The highest BCUT2D eigenvalue weighted by molar-refractivity contribution is 5.22. The molecule has 0 spiro atoms. The first-order valence-electron chi connectivity index (χ1n) is 7.09. The maximum Gasteiger partial charge on any atom is 0.0713 e. The lowest BCUT2D eigenvalue weighted by Crippen LogP contribution is -2.31. The van der Waals surface area contributed by atoms with Crippen LogP contribution in [0.15, 0.2) is 24.3 Å². The van der Waals surface area contributed by atoms with Crippen molar-refractivity contribution in [1.82, 2.24) is 5.32 Å². The van der Waals surface area contributed by atoms with Crippen molar-refractivity contribution in [2.45, 2.75) is 51.8 Å². The van der Waals surface area contributed by atoms with E-state index < -0.39 is 0 Å². The molecule has 1 aromatic rings. The third kappa shape index (κ3) is 3.82. The molecule has 1 aromatic carbocycles. The lowest BCUT2D eigenvalue weighted by Gasteiger charge is -2.20. The van der Waals surface area contributed by atoms with Crippen LogP contribution in [0.1, 0.15) is 43.7 Å². The maximum absolute atomic E-state index is 5.17. The Hall–Kier alpha value is -0.860. The average molecular weight is 247 g/mol. The summed E-state index contributed by atoms with van der Waals surface area (Å²) in [6.45, 7) is 4.00. The molecule has 2 rings (SSSR count). The highest BCUT2D eigenvalue weighted by Crippen LogP contribution is 2.27. The van der Waals surface area contributed by atoms with Gasteiger partial charge in [0.15, 0.2) is 0 Å². The summed E-state index contributed by atoms with van der Waals surface area (Å²) in [4.78, 5) is 0. The largest absolute Gasteiger partial charge is 0.380 e. The molecule has 0 aliphatic heterocycles. The van der Waals surface area contributed by atoms with Crippen LogP contribution in [-0.4, -0.2) is 13.2 Å². The van der Waals surface area contributed by atoms with E-state index in [0.29, 0.717) is 12.6 Å². The molecule has 1 fully saturated rings. The maximum atomic E-state index is 5.17. The van der Waals surface area contributed by atoms with Gasteiger partial charge in [-0.05, 0) is 36.8 Å². The minimum absolute atomic E-state index is 0.638. The molecule has 100 valence electrons. The molecule has 1 atom stereocenters. The van der Waals surface area contributed by atoms with E-state index in [0.717, 1.165) is 12.5 Å². The van der Waals surface area contributed by atoms with Gasteiger partial charge in [0.05, 0.1) is 6.61 Å². The Kier molecular flexibility index (Phi) is 5.21. The van der Waals surface area contributed by atoms with Crippen molar-refractivity contribution in [3.05, 3.63) is 35.4 Å². The van der Waals surface area contributed by atoms with E-state index in [1.54, 1.807) is 7.11 Å². The first-order chi connectivity index (χ1) is 8.79. The first-order valence-corrected chi connectivity index (χ1v) is 7.09. The van der Waals surface area contributed by atoms with Gasteiger partial charge in [0.2, 0.25) is 0 Å². The van der Waals surface area contributed by atoms with Crippen LogP contribution in [0.3, 0.4) is 0 Å². The normalized spacial score (nSPS) is 18.1. The zero-order valence-corrected chi connectivity index (χ0v) is 11.6. The van der Waals surface area contributed by atoms with Gasteiger partial charge in [-0.15, -0.1) is 0 Å². The van der Waals surface area contributed by atoms with Crippen molar-refractivity contribution in [2.24, 2.45) is 5.92 Å². The Labute approximate surface area is 111 Å². The minimum Gasteiger partial charge on any atom is -0.380 e. The van der Waals surface area contributed by atoms with Gasteiger partial charge < -0.3 is 10.1 Å². The Morgan fingerprint density at radius 3 is 2.72 bits per heavy atom. The quantitative estimate of drug-likeness (QED) is 0.830. The zero-order chi connectivity index (χ0) is 12.8. The van der Waals surface area contributed by atoms with E-state index in [9.17, 15) is 0 Å². The highest BCUT2D eigenvalue weighted by Gasteiger charge is 2.20. The highest BCUT2D eigenvalue weighted by atomic mass is 16.5. The second-order valence-electron chi connectivity index (χ2n) is 5.47. The first kappa shape index (κ1) is 13.6. The number of benzene rings is 1. The van der Waals surface area contributed by atoms with E-state index in [1.165, 1.54) is 36.8 Å². The smallest absolute Gasteiger partial charge is 0.0713 e. The minimum atomic E-state index is 0.638. The van der Waals surface area contributed by atoms with Crippen LogP contribution >= 0.6 is 0 Å². The summed E-state index contributed by atoms with van der Waals surface area (Å²) in [6.07, 6.45) is 5.63. The van der Waals surface area contributed by atoms with Gasteiger partial charge in [0.1, 0.15) is 0 Å². The van der Waals surface area contributed by atoms with Crippen molar-refractivity contribution in [1.29, 1.82) is 0 Å². The van der Waals surface area contributed by atoms with E-state index >= 15 is 0 Å². The number of hydrogen-bond donors (Lipinski definition) is 1. The molecule has 1 aliphatic rings. The van der Waals surface area contributed by atoms with Crippen molar-refractivity contribution in [2.75, 3.05) is 7.11 Å². The number of ether oxygens (including phenoxy) is 1. The van der Waals surface area contributed by atoms with Crippen LogP contribution in [0.25, 0.3) is 0 Å². The summed E-state index contributed by atoms with van der Waals surface area (Å²) >= 11 is 0. The van der Waals surface area contributed by atoms with Crippen molar-refractivity contribution < 1.29 is 4.74 Å². The SMILES string of the molecule is COCc1cccc(CNC(C)C2CCCC2)c1. The standard InChI is InChI=1S/C16H25NO/c1-13(16-8-3-4-9-16)17-11-14-6-5-7-15(10-14)12-18-2/h5-7,10,13,16-17H,3-4,8-9,11-12H2,1-2H3. The summed E-state index contributed by atoms with van der Waals surface area (Å²) in [5.74, 6) is 0.882. The molecule has 0 bridgehead atoms. The summed E-state index contributed by atoms with van der Waals surface area (Å²) < 4.78 is 5.17. The second-order valence-corrected chi connectivity index (χ2v) is 5.47. The van der Waals surface area contributed by atoms with Crippen molar-refractivity contribution in [3.8, 4) is 0 Å². The van der Waals surface area contributed by atoms with Gasteiger partial charge in [0.25, 0.3) is 0 Å². The summed E-state index contributed by atoms with van der Waals surface area (Å²) in [6, 6.07) is 9.29. The summed E-state index contributed by atoms with van der Waals surface area (Å²) in [7, 11) is 1.74. The molecule has 1 N–H and O–H groups in total. The topological polar surface area (TPSA) is 21.3 Å². The summed E-state index contributed by atoms with van der Waals surface area (Å²) in [5, 5.41) is 3.67. The molecule has 18 heavy (non-hydrogen) atoms. The Morgan fingerprint density at radius 2 is 2.00 bits per heavy atom. The van der Waals surface area contributed by atoms with Crippen LogP contribution in [0.4, 0.5) is 0 Å². The predicted molar refractivity (Wildman–Crippen MR) is 75.4 cm³/mol. The fourth-order valence-electron chi connectivity index (χ4n) is 2.90. The summed E-state index contributed by atoms with van der Waals surface area (Å²) in [5.41, 5.74) is 2.61. The van der Waals surface area contributed by atoms with Crippen LogP contribution in [0.2, 0.25) is 0 Å². The Bertz CT molecular complexity index is 358. The van der Waals surface area contributed by atoms with Crippen LogP contribution in [-0.2, 0) is 17.9 Å². The van der Waals surface area contributed by atoms with E-state index in [4.69, 9.17) is 4.74 Å². The second kappa shape index (κ2) is 6.91. The molecule has 2 nitrogen and oxygen atoms in total. The lowest BCUT2D eigenvalue weighted by molar-refractivity contribution is 0.185. The molecule has 0 amide bonds. The van der Waals surface area contributed by atoms with Crippen LogP contribution in [0, 0.1) is 5.92 Å². The van der Waals surface area contributed by atoms with Crippen LogP contribution in [0.5, 0.6) is 0 Å². The number of methoxy groups -OCH3 is 1. The zero-order valence-electron chi connectivity index (χ0n) is 11.6. The monoisotopic (exact) mass is 247 g/mol. The number of rotatable bonds is 6. The molecule has 0 aromatic heterocycles. The Morgan fingerprint density at radius 1 is 1.28 bits per heavy atom. The number of nitrogens with one attached hydrogen (secondary N) is 1. The van der Waals surface area contributed by atoms with E-state index in [2.05, 4.69) is 36.5 Å². The van der Waals surface area contributed by atoms with Crippen LogP contribution < -0.4 is 5.32 Å². The molecule has 0 saturated heterocycles. The molecule has 0 radical (unpaired) electrons. The van der Waals surface area contributed by atoms with Gasteiger partial charge in [-0.3, -0.25) is 0 Å². The van der Waals surface area contributed by atoms with Gasteiger partial charge in [0, 0.05) is 19.7 Å². The third-order valence-corrected chi connectivity index (χ3v) is 4.04.